The number of carboxylic acid groups (broad SMARTS) is 1. The molecule has 368 valence electrons. The summed E-state index contributed by atoms with van der Waals surface area (Å²) in [4.78, 5) is 42.7. The number of rotatable bonds is 44. The molecule has 0 heterocycles. The van der Waals surface area contributed by atoms with E-state index in [2.05, 4.69) is 43.2 Å². The lowest BCUT2D eigenvalue weighted by Crippen LogP contribution is -2.37. The highest BCUT2D eigenvalue weighted by Crippen LogP contribution is 2.24. The number of anilines is 2. The first-order valence-corrected chi connectivity index (χ1v) is 25.8. The summed E-state index contributed by atoms with van der Waals surface area (Å²) < 4.78 is 6.22. The molecular formula is C52H103N3O7. The second-order valence-electron chi connectivity index (χ2n) is 17.4. The predicted octanol–water partition coefficient (Wildman–Crippen LogP) is 13.0. The molecule has 0 amide bonds. The van der Waals surface area contributed by atoms with Gasteiger partial charge in [0.15, 0.2) is 0 Å². The maximum absolute atomic E-state index is 12.0. The molecule has 62 heavy (non-hydrogen) atoms. The third-order valence-corrected chi connectivity index (χ3v) is 12.3. The molecule has 4 N–H and O–H groups in total. The van der Waals surface area contributed by atoms with Crippen molar-refractivity contribution in [2.24, 2.45) is 11.8 Å². The van der Waals surface area contributed by atoms with Crippen LogP contribution in [0, 0.1) is 11.8 Å². The normalized spacial score (nSPS) is 11.4. The third kappa shape index (κ3) is 39.3. The van der Waals surface area contributed by atoms with Gasteiger partial charge in [0.05, 0.1) is 0 Å². The number of unbranched alkanes of at least 4 members (excludes halogenated alkanes) is 19. The van der Waals surface area contributed by atoms with Crippen LogP contribution in [0.5, 0.6) is 0 Å². The van der Waals surface area contributed by atoms with Crippen LogP contribution in [-0.4, -0.2) is 81.9 Å². The quantitative estimate of drug-likeness (QED) is 0.0284. The Hall–Kier alpha value is -2.30. The zero-order valence-electron chi connectivity index (χ0n) is 41.7. The van der Waals surface area contributed by atoms with E-state index >= 15 is 0 Å². The van der Waals surface area contributed by atoms with E-state index in [0.29, 0.717) is 17.9 Å². The molecule has 1 unspecified atom stereocenters. The fourth-order valence-electron chi connectivity index (χ4n) is 8.54. The molecule has 0 radical (unpaired) electrons. The molecule has 1 aromatic rings. The fraction of sp³-hybridized carbons (Fsp3) is 0.885. The average Bonchev–Trinajstić information content (AvgIpc) is 3.30. The summed E-state index contributed by atoms with van der Waals surface area (Å²) in [6.45, 7) is 16.7. The summed E-state index contributed by atoms with van der Waals surface area (Å²) in [5.74, 6) is 1.82. The summed E-state index contributed by atoms with van der Waals surface area (Å²) in [5.41, 5.74) is 0.108. The smallest absolute Gasteiger partial charge is 0.290 e. The van der Waals surface area contributed by atoms with E-state index in [1.54, 1.807) is 7.05 Å². The molecule has 0 aromatic heterocycles. The Labute approximate surface area is 382 Å². The highest BCUT2D eigenvalue weighted by atomic mass is 16.5. The number of ether oxygens (including phenoxy) is 1. The van der Waals surface area contributed by atoms with Crippen molar-refractivity contribution in [3.63, 3.8) is 0 Å². The third-order valence-electron chi connectivity index (χ3n) is 12.3. The SMILES string of the molecule is C=O.CCCCCCCCC(CC)CCCCCCCN(CCCNc1c(NC)c(=O)c1=O)CCCOCCCC(CCCCCCCC)CCCCCCCC.CO.O=CO. The Kier molecular flexibility index (Phi) is 54.7. The van der Waals surface area contributed by atoms with Crippen LogP contribution < -0.4 is 21.5 Å². The van der Waals surface area contributed by atoms with E-state index in [-0.39, 0.29) is 11.9 Å². The Bertz CT molecular complexity index is 1080. The Morgan fingerprint density at radius 3 is 1.34 bits per heavy atom. The van der Waals surface area contributed by atoms with Gasteiger partial charge < -0.3 is 35.3 Å². The van der Waals surface area contributed by atoms with Gasteiger partial charge >= 0.3 is 0 Å². The van der Waals surface area contributed by atoms with Gasteiger partial charge in [-0.3, -0.25) is 14.4 Å². The van der Waals surface area contributed by atoms with Crippen molar-refractivity contribution in [2.45, 2.75) is 233 Å². The Morgan fingerprint density at radius 2 is 0.887 bits per heavy atom. The number of carbonyl (C=O) groups is 2. The van der Waals surface area contributed by atoms with Gasteiger partial charge in [-0.15, -0.1) is 0 Å². The van der Waals surface area contributed by atoms with Crippen LogP contribution in [0.25, 0.3) is 0 Å². The Balaban J connectivity index is -0.00000468. The van der Waals surface area contributed by atoms with Crippen LogP contribution in [0.2, 0.25) is 0 Å². The summed E-state index contributed by atoms with van der Waals surface area (Å²) in [6, 6.07) is 0. The van der Waals surface area contributed by atoms with E-state index < -0.39 is 5.43 Å². The van der Waals surface area contributed by atoms with Gasteiger partial charge in [-0.1, -0.05) is 201 Å². The molecule has 1 atom stereocenters. The molecule has 10 nitrogen and oxygen atoms in total. The highest BCUT2D eigenvalue weighted by Gasteiger charge is 2.19. The Morgan fingerprint density at radius 1 is 0.532 bits per heavy atom. The van der Waals surface area contributed by atoms with Gasteiger partial charge in [0, 0.05) is 40.5 Å². The molecule has 1 aromatic carbocycles. The first kappa shape index (κ1) is 64.0. The molecule has 10 heteroatoms. The van der Waals surface area contributed by atoms with Gasteiger partial charge in [0.25, 0.3) is 17.3 Å². The van der Waals surface area contributed by atoms with E-state index in [9.17, 15) is 9.59 Å². The second-order valence-corrected chi connectivity index (χ2v) is 17.4. The zero-order chi connectivity index (χ0) is 46.7. The summed E-state index contributed by atoms with van der Waals surface area (Å²) in [5, 5.41) is 20.0. The van der Waals surface area contributed by atoms with E-state index in [0.717, 1.165) is 64.6 Å². The van der Waals surface area contributed by atoms with Crippen molar-refractivity contribution in [1.82, 2.24) is 4.90 Å². The number of nitrogens with zero attached hydrogens (tertiary/aromatic N) is 1. The topological polar surface area (TPSA) is 145 Å². The van der Waals surface area contributed by atoms with Crippen LogP contribution >= 0.6 is 0 Å². The van der Waals surface area contributed by atoms with E-state index in [1.807, 2.05) is 6.79 Å². The first-order valence-electron chi connectivity index (χ1n) is 25.8. The van der Waals surface area contributed by atoms with Gasteiger partial charge in [-0.2, -0.15) is 0 Å². The molecule has 0 aliphatic heterocycles. The van der Waals surface area contributed by atoms with Gasteiger partial charge in [-0.25, -0.2) is 0 Å². The first-order chi connectivity index (χ1) is 30.4. The summed E-state index contributed by atoms with van der Waals surface area (Å²) in [7, 11) is 2.70. The van der Waals surface area contributed by atoms with E-state index in [1.165, 1.54) is 193 Å². The highest BCUT2D eigenvalue weighted by molar-refractivity contribution is 5.73. The molecule has 0 aliphatic carbocycles. The number of carbonyl (C=O) groups excluding carboxylic acids is 1. The second kappa shape index (κ2) is 53.0. The number of aliphatic hydroxyl groups is 1. The molecular weight excluding hydrogens is 779 g/mol. The van der Waals surface area contributed by atoms with Gasteiger partial charge in [0.2, 0.25) is 0 Å². The lowest BCUT2D eigenvalue weighted by atomic mass is 9.90. The minimum Gasteiger partial charge on any atom is -0.483 e. The number of aliphatic hydroxyl groups excluding tert-OH is 1. The van der Waals surface area contributed by atoms with Crippen LogP contribution in [0.3, 0.4) is 0 Å². The molecule has 0 saturated carbocycles. The fourth-order valence-corrected chi connectivity index (χ4v) is 8.54. The molecule has 0 spiro atoms. The maximum Gasteiger partial charge on any atom is 0.290 e. The largest absolute Gasteiger partial charge is 0.483 e. The minimum atomic E-state index is -0.402. The number of hydrogen-bond donors (Lipinski definition) is 4. The molecule has 1 rings (SSSR count). The number of hydrogen-bond acceptors (Lipinski definition) is 9. The summed E-state index contributed by atoms with van der Waals surface area (Å²) in [6.07, 6.45) is 43.5. The molecule has 0 aliphatic rings. The lowest BCUT2D eigenvalue weighted by Gasteiger charge is -2.23. The monoisotopic (exact) mass is 882 g/mol. The van der Waals surface area contributed by atoms with E-state index in [4.69, 9.17) is 24.5 Å². The van der Waals surface area contributed by atoms with Crippen LogP contribution in [0.1, 0.15) is 233 Å². The van der Waals surface area contributed by atoms with Gasteiger partial charge in [0.1, 0.15) is 18.2 Å². The molecule has 0 bridgehead atoms. The van der Waals surface area contributed by atoms with Crippen LogP contribution in [0.15, 0.2) is 9.59 Å². The average molecular weight is 882 g/mol. The van der Waals surface area contributed by atoms with Crippen molar-refractivity contribution >= 4 is 24.6 Å². The van der Waals surface area contributed by atoms with Crippen molar-refractivity contribution < 1.29 is 24.5 Å². The molecule has 0 saturated heterocycles. The minimum absolute atomic E-state index is 0.250. The predicted molar refractivity (Wildman–Crippen MR) is 268 cm³/mol. The standard InChI is InChI=1S/C49H95N3O3.CH2O2.CH4O.CH2O/c1-6-10-13-16-20-25-33-44(9-4)34-26-23-19-24-29-39-52(40-31-38-51-47-46(50-5)48(53)49(47)54)41-32-43-55-42-30-37-45(35-27-21-17-14-11-7-2)36-28-22-18-15-12-8-3;2-1-3;2*1-2/h44-45,50-51H,6-43H2,1-5H3;1H,(H,2,3);2H,1H3;1H2. The van der Waals surface area contributed by atoms with Crippen molar-refractivity contribution in [2.75, 3.05) is 64.2 Å². The van der Waals surface area contributed by atoms with Gasteiger partial charge in [-0.05, 0) is 57.0 Å². The van der Waals surface area contributed by atoms with Crippen molar-refractivity contribution in [1.29, 1.82) is 0 Å². The van der Waals surface area contributed by atoms with Crippen molar-refractivity contribution in [3.05, 3.63) is 20.4 Å². The maximum atomic E-state index is 12.0. The summed E-state index contributed by atoms with van der Waals surface area (Å²) >= 11 is 0. The van der Waals surface area contributed by atoms with Crippen LogP contribution in [-0.2, 0) is 14.3 Å². The lowest BCUT2D eigenvalue weighted by molar-refractivity contribution is -0.122. The zero-order valence-corrected chi connectivity index (χ0v) is 41.7. The number of nitrogens with one attached hydrogen (secondary N) is 2. The molecule has 0 fully saturated rings. The van der Waals surface area contributed by atoms with Crippen molar-refractivity contribution in [3.8, 4) is 0 Å². The van der Waals surface area contributed by atoms with Crippen LogP contribution in [0.4, 0.5) is 11.4 Å².